The topological polar surface area (TPSA) is 108 Å². The number of carbonyl (C=O) groups is 1. The lowest BCUT2D eigenvalue weighted by Crippen LogP contribution is -2.38. The van der Waals surface area contributed by atoms with Gasteiger partial charge in [-0.05, 0) is 93.0 Å². The summed E-state index contributed by atoms with van der Waals surface area (Å²) < 4.78 is 19.2. The van der Waals surface area contributed by atoms with Gasteiger partial charge in [-0.1, -0.05) is 44.2 Å². The fourth-order valence-corrected chi connectivity index (χ4v) is 5.52. The zero-order chi connectivity index (χ0) is 34.9. The van der Waals surface area contributed by atoms with E-state index in [0.717, 1.165) is 65.2 Å². The Bertz CT molecular complexity index is 1620. The number of carboxylic acid groups (broad SMARTS) is 1. The summed E-state index contributed by atoms with van der Waals surface area (Å²) in [5.41, 5.74) is 5.97. The fourth-order valence-electron chi connectivity index (χ4n) is 5.52. The molecule has 8 nitrogen and oxygen atoms in total. The minimum Gasteiger partial charge on any atom is -0.493 e. The first kappa shape index (κ1) is 36.3. The van der Waals surface area contributed by atoms with Gasteiger partial charge in [-0.25, -0.2) is 9.37 Å². The summed E-state index contributed by atoms with van der Waals surface area (Å²) >= 11 is 0. The zero-order valence-electron chi connectivity index (χ0n) is 29.0. The number of nitrogens with zero attached hydrogens (tertiary/aromatic N) is 3. The molecule has 0 spiro atoms. The molecule has 48 heavy (non-hydrogen) atoms. The quantitative estimate of drug-likeness (QED) is 0.150. The Kier molecular flexibility index (Phi) is 12.2. The molecule has 0 unspecified atom stereocenters. The van der Waals surface area contributed by atoms with Crippen molar-refractivity contribution in [1.82, 2.24) is 9.97 Å². The smallest absolute Gasteiger partial charge is 0.307 e. The van der Waals surface area contributed by atoms with E-state index in [1.165, 1.54) is 12.1 Å². The number of aliphatic carboxylic acids is 1. The van der Waals surface area contributed by atoms with Gasteiger partial charge in [0, 0.05) is 55.3 Å². The number of anilines is 2. The van der Waals surface area contributed by atoms with Gasteiger partial charge in [-0.3, -0.25) is 9.78 Å². The molecule has 256 valence electrons. The fraction of sp³-hybridized carbons (Fsp3) is 0.410. The number of aryl methyl sites for hydroxylation is 1. The summed E-state index contributed by atoms with van der Waals surface area (Å²) in [5.74, 6) is 0.304. The molecule has 9 heteroatoms. The minimum atomic E-state index is -0.879. The van der Waals surface area contributed by atoms with Crippen molar-refractivity contribution in [2.45, 2.75) is 79.4 Å². The number of hydrogen-bond acceptors (Lipinski definition) is 7. The Morgan fingerprint density at radius 1 is 1.02 bits per heavy atom. The lowest BCUT2D eigenvalue weighted by Gasteiger charge is -2.40. The first-order valence-corrected chi connectivity index (χ1v) is 16.5. The summed E-state index contributed by atoms with van der Waals surface area (Å²) in [6.07, 6.45) is 6.16. The average Bonchev–Trinajstić information content (AvgIpc) is 3.02. The van der Waals surface area contributed by atoms with Crippen LogP contribution in [0, 0.1) is 18.2 Å². The van der Waals surface area contributed by atoms with Crippen molar-refractivity contribution in [3.8, 4) is 16.9 Å². The van der Waals surface area contributed by atoms with Gasteiger partial charge in [0.1, 0.15) is 17.4 Å². The van der Waals surface area contributed by atoms with Crippen molar-refractivity contribution in [1.29, 1.82) is 0 Å². The number of nitrogens with one attached hydrogen (secondary N) is 1. The van der Waals surface area contributed by atoms with E-state index in [4.69, 9.17) is 14.8 Å². The Hall–Kier alpha value is -4.50. The van der Waals surface area contributed by atoms with Gasteiger partial charge >= 0.3 is 5.97 Å². The number of rotatable bonds is 11. The molecule has 0 amide bonds. The second kappa shape index (κ2) is 16.1. The molecule has 0 aliphatic carbocycles. The van der Waals surface area contributed by atoms with E-state index in [2.05, 4.69) is 29.0 Å². The standard InChI is InChI=1S/C35H39FN4O3.C4H10O/c1-24-30(21-31(41)42)33(40-18-15-35(2,3)16-19-40)32(34(39-24)38-23-26-5-4-17-37-22-26)27-8-12-29(13-9-27)43-20-14-25-6-10-28(36)11-7-25;1-4(2,3)5/h4-13,17,22H,14-16,18-21,23H2,1-3H3,(H,38,39)(H,41,42);5H,1-3H3. The van der Waals surface area contributed by atoms with Gasteiger partial charge in [0.05, 0.1) is 24.3 Å². The number of aliphatic hydroxyl groups is 1. The second-order valence-electron chi connectivity index (χ2n) is 14.1. The third-order valence-electron chi connectivity index (χ3n) is 8.14. The van der Waals surface area contributed by atoms with Crippen molar-refractivity contribution < 1.29 is 24.1 Å². The minimum absolute atomic E-state index is 0.103. The molecular formula is C39H49FN4O4. The zero-order valence-corrected chi connectivity index (χ0v) is 29.0. The molecule has 3 heterocycles. The number of carboxylic acids is 1. The van der Waals surface area contributed by atoms with E-state index in [1.807, 2.05) is 49.5 Å². The van der Waals surface area contributed by atoms with E-state index in [0.29, 0.717) is 31.1 Å². The SMILES string of the molecule is CC(C)(C)O.Cc1nc(NCc2cccnc2)c(-c2ccc(OCCc3ccc(F)cc3)cc2)c(N2CCC(C)(C)CC2)c1CC(=O)O. The number of halogens is 1. The first-order valence-electron chi connectivity index (χ1n) is 16.5. The normalized spacial score (nSPS) is 14.1. The molecule has 1 aliphatic heterocycles. The van der Waals surface area contributed by atoms with Crippen LogP contribution >= 0.6 is 0 Å². The summed E-state index contributed by atoms with van der Waals surface area (Å²) in [4.78, 5) is 23.6. The van der Waals surface area contributed by atoms with Crippen LogP contribution in [0.1, 0.15) is 69.8 Å². The molecule has 2 aromatic heterocycles. The number of hydrogen-bond donors (Lipinski definition) is 3. The Labute approximate surface area is 284 Å². The molecule has 0 radical (unpaired) electrons. The molecular weight excluding hydrogens is 607 g/mol. The van der Waals surface area contributed by atoms with Crippen LogP contribution in [0.5, 0.6) is 5.75 Å². The predicted molar refractivity (Wildman–Crippen MR) is 190 cm³/mol. The molecule has 0 saturated carbocycles. The highest BCUT2D eigenvalue weighted by atomic mass is 19.1. The van der Waals surface area contributed by atoms with Crippen LogP contribution in [0.3, 0.4) is 0 Å². The first-order chi connectivity index (χ1) is 22.7. The number of benzene rings is 2. The summed E-state index contributed by atoms with van der Waals surface area (Å²) in [6, 6.07) is 18.3. The maximum Gasteiger partial charge on any atom is 0.307 e. The van der Waals surface area contributed by atoms with E-state index >= 15 is 0 Å². The second-order valence-corrected chi connectivity index (χ2v) is 14.1. The van der Waals surface area contributed by atoms with Crippen LogP contribution in [0.4, 0.5) is 15.9 Å². The van der Waals surface area contributed by atoms with Gasteiger partial charge in [-0.15, -0.1) is 0 Å². The van der Waals surface area contributed by atoms with E-state index in [9.17, 15) is 14.3 Å². The monoisotopic (exact) mass is 656 g/mol. The van der Waals surface area contributed by atoms with Crippen molar-refractivity contribution >= 4 is 17.5 Å². The Morgan fingerprint density at radius 2 is 1.67 bits per heavy atom. The highest BCUT2D eigenvalue weighted by Crippen LogP contribution is 2.44. The van der Waals surface area contributed by atoms with Crippen LogP contribution in [0.15, 0.2) is 73.1 Å². The largest absolute Gasteiger partial charge is 0.493 e. The van der Waals surface area contributed by atoms with Crippen molar-refractivity contribution in [2.75, 3.05) is 29.9 Å². The van der Waals surface area contributed by atoms with E-state index in [1.54, 1.807) is 39.1 Å². The highest BCUT2D eigenvalue weighted by molar-refractivity contribution is 5.91. The van der Waals surface area contributed by atoms with Crippen molar-refractivity contribution in [3.63, 3.8) is 0 Å². The van der Waals surface area contributed by atoms with Crippen LogP contribution < -0.4 is 15.0 Å². The van der Waals surface area contributed by atoms with E-state index < -0.39 is 11.6 Å². The van der Waals surface area contributed by atoms with Crippen LogP contribution in [-0.4, -0.2) is 51.4 Å². The van der Waals surface area contributed by atoms with Gasteiger partial charge in [-0.2, -0.15) is 0 Å². The lowest BCUT2D eigenvalue weighted by molar-refractivity contribution is -0.136. The summed E-state index contributed by atoms with van der Waals surface area (Å²) in [7, 11) is 0. The predicted octanol–water partition coefficient (Wildman–Crippen LogP) is 7.86. The number of ether oxygens (including phenoxy) is 1. The van der Waals surface area contributed by atoms with Crippen molar-refractivity contribution in [2.24, 2.45) is 5.41 Å². The number of piperidine rings is 1. The molecule has 2 aromatic carbocycles. The highest BCUT2D eigenvalue weighted by Gasteiger charge is 2.31. The number of aromatic nitrogens is 2. The lowest BCUT2D eigenvalue weighted by atomic mass is 9.82. The van der Waals surface area contributed by atoms with Gasteiger partial charge in [0.15, 0.2) is 0 Å². The molecule has 1 aliphatic rings. The average molecular weight is 657 g/mol. The maximum atomic E-state index is 13.2. The summed E-state index contributed by atoms with van der Waals surface area (Å²) in [5, 5.41) is 21.9. The molecule has 0 atom stereocenters. The maximum absolute atomic E-state index is 13.2. The van der Waals surface area contributed by atoms with Gasteiger partial charge in [0.2, 0.25) is 0 Å². The van der Waals surface area contributed by atoms with Gasteiger partial charge < -0.3 is 25.2 Å². The third-order valence-corrected chi connectivity index (χ3v) is 8.14. The third kappa shape index (κ3) is 11.0. The molecule has 4 aromatic rings. The molecule has 3 N–H and O–H groups in total. The molecule has 1 saturated heterocycles. The Balaban J connectivity index is 0.000000968. The van der Waals surface area contributed by atoms with E-state index in [-0.39, 0.29) is 17.7 Å². The van der Waals surface area contributed by atoms with Crippen LogP contribution in [0.2, 0.25) is 0 Å². The van der Waals surface area contributed by atoms with Crippen LogP contribution in [0.25, 0.3) is 11.1 Å². The molecule has 5 rings (SSSR count). The summed E-state index contributed by atoms with van der Waals surface area (Å²) in [6.45, 7) is 14.4. The van der Waals surface area contributed by atoms with Gasteiger partial charge in [0.25, 0.3) is 0 Å². The van der Waals surface area contributed by atoms with Crippen molar-refractivity contribution in [3.05, 3.63) is 101 Å². The molecule has 0 bridgehead atoms. The molecule has 1 fully saturated rings. The van der Waals surface area contributed by atoms with Crippen LogP contribution in [-0.2, 0) is 24.2 Å². The Morgan fingerprint density at radius 3 is 2.25 bits per heavy atom. The number of pyridine rings is 2.